The van der Waals surface area contributed by atoms with Crippen molar-refractivity contribution in [2.75, 3.05) is 6.54 Å². The fourth-order valence-electron chi connectivity index (χ4n) is 0.924. The summed E-state index contributed by atoms with van der Waals surface area (Å²) in [6.07, 6.45) is 6.29. The number of hydrogen-bond acceptors (Lipinski definition) is 1. The van der Waals surface area contributed by atoms with E-state index < -0.39 is 0 Å². The summed E-state index contributed by atoms with van der Waals surface area (Å²) >= 11 is 0. The second-order valence-corrected chi connectivity index (χ2v) is 3.06. The van der Waals surface area contributed by atoms with Crippen molar-refractivity contribution >= 4 is 0 Å². The first kappa shape index (κ1) is 11.2. The van der Waals surface area contributed by atoms with Crippen molar-refractivity contribution in [3.8, 4) is 0 Å². The summed E-state index contributed by atoms with van der Waals surface area (Å²) in [4.78, 5) is 0. The van der Waals surface area contributed by atoms with Gasteiger partial charge < -0.3 is 5.73 Å². The van der Waals surface area contributed by atoms with E-state index in [0.717, 1.165) is 0 Å². The third-order valence-electron chi connectivity index (χ3n) is 1.82. The van der Waals surface area contributed by atoms with Gasteiger partial charge in [-0.2, -0.15) is 0 Å². The van der Waals surface area contributed by atoms with Gasteiger partial charge in [-0.3, -0.25) is 0 Å². The third kappa shape index (κ3) is 4.14. The predicted molar refractivity (Wildman–Crippen MR) is 56.0 cm³/mol. The van der Waals surface area contributed by atoms with Gasteiger partial charge in [0.15, 0.2) is 0 Å². The van der Waals surface area contributed by atoms with Crippen LogP contribution in [0.5, 0.6) is 0 Å². The summed E-state index contributed by atoms with van der Waals surface area (Å²) < 4.78 is 0. The summed E-state index contributed by atoms with van der Waals surface area (Å²) in [6.45, 7) is 8.92. The van der Waals surface area contributed by atoms with Crippen LogP contribution in [0.25, 0.3) is 0 Å². The number of nitrogens with two attached hydrogens (primary N) is 1. The van der Waals surface area contributed by atoms with Crippen molar-refractivity contribution in [3.63, 3.8) is 0 Å². The molecule has 0 bridgehead atoms. The van der Waals surface area contributed by atoms with Crippen LogP contribution in [0.3, 0.4) is 0 Å². The van der Waals surface area contributed by atoms with Crippen LogP contribution in [0.2, 0.25) is 0 Å². The fourth-order valence-corrected chi connectivity index (χ4v) is 0.924. The Hall–Kier alpha value is -0.820. The molecule has 0 saturated carbocycles. The Balaban J connectivity index is 4.56. The van der Waals surface area contributed by atoms with Crippen molar-refractivity contribution in [1.29, 1.82) is 0 Å². The van der Waals surface area contributed by atoms with E-state index in [1.807, 2.05) is 19.9 Å². The molecule has 2 N–H and O–H groups in total. The van der Waals surface area contributed by atoms with Crippen molar-refractivity contribution in [1.82, 2.24) is 0 Å². The molecule has 12 heavy (non-hydrogen) atoms. The minimum absolute atomic E-state index is 0.639. The molecule has 0 radical (unpaired) electrons. The van der Waals surface area contributed by atoms with Gasteiger partial charge in [0.25, 0.3) is 0 Å². The Morgan fingerprint density at radius 1 is 1.17 bits per heavy atom. The zero-order chi connectivity index (χ0) is 9.56. The van der Waals surface area contributed by atoms with E-state index in [-0.39, 0.29) is 0 Å². The lowest BCUT2D eigenvalue weighted by atomic mass is 10.1. The molecule has 0 saturated heterocycles. The number of rotatable bonds is 3. The molecule has 0 atom stereocenters. The Morgan fingerprint density at radius 3 is 2.17 bits per heavy atom. The molecule has 0 aromatic rings. The third-order valence-corrected chi connectivity index (χ3v) is 1.82. The number of hydrogen-bond donors (Lipinski definition) is 1. The average Bonchev–Trinajstić information content (AvgIpc) is 2.04. The Labute approximate surface area is 75.7 Å². The highest BCUT2D eigenvalue weighted by atomic mass is 14.5. The molecular weight excluding hydrogens is 146 g/mol. The minimum atomic E-state index is 0.639. The maximum absolute atomic E-state index is 5.49. The molecule has 1 heteroatoms. The van der Waals surface area contributed by atoms with Crippen molar-refractivity contribution < 1.29 is 0 Å². The predicted octanol–water partition coefficient (Wildman–Crippen LogP) is 2.80. The normalized spacial score (nSPS) is 15.2. The van der Waals surface area contributed by atoms with Crippen molar-refractivity contribution in [2.24, 2.45) is 5.73 Å². The lowest BCUT2D eigenvalue weighted by Gasteiger charge is -1.99. The lowest BCUT2D eigenvalue weighted by Crippen LogP contribution is -1.99. The SMILES string of the molecule is C/C=C/C(C)=C(C)\C=C(\C)CN. The second-order valence-electron chi connectivity index (χ2n) is 3.06. The van der Waals surface area contributed by atoms with Crippen LogP contribution < -0.4 is 5.73 Å². The first-order valence-electron chi connectivity index (χ1n) is 4.29. The summed E-state index contributed by atoms with van der Waals surface area (Å²) in [5.74, 6) is 0. The molecule has 0 aliphatic rings. The molecule has 0 aliphatic heterocycles. The van der Waals surface area contributed by atoms with Gasteiger partial charge in [0.2, 0.25) is 0 Å². The lowest BCUT2D eigenvalue weighted by molar-refractivity contribution is 1.13. The maximum atomic E-state index is 5.49. The molecule has 0 amide bonds. The van der Waals surface area contributed by atoms with Gasteiger partial charge in [-0.05, 0) is 38.8 Å². The summed E-state index contributed by atoms with van der Waals surface area (Å²) in [6, 6.07) is 0. The first-order chi connectivity index (χ1) is 5.61. The first-order valence-corrected chi connectivity index (χ1v) is 4.29. The minimum Gasteiger partial charge on any atom is -0.327 e. The van der Waals surface area contributed by atoms with Crippen LogP contribution in [0.4, 0.5) is 0 Å². The zero-order valence-electron chi connectivity index (χ0n) is 8.52. The van der Waals surface area contributed by atoms with E-state index in [0.29, 0.717) is 6.54 Å². The molecule has 0 spiro atoms. The Morgan fingerprint density at radius 2 is 1.75 bits per heavy atom. The largest absolute Gasteiger partial charge is 0.327 e. The van der Waals surface area contributed by atoms with Gasteiger partial charge in [-0.1, -0.05) is 23.8 Å². The highest BCUT2D eigenvalue weighted by Gasteiger charge is 1.90. The maximum Gasteiger partial charge on any atom is 0.0137 e. The van der Waals surface area contributed by atoms with E-state index in [1.54, 1.807) is 0 Å². The molecule has 1 nitrogen and oxygen atoms in total. The smallest absolute Gasteiger partial charge is 0.0137 e. The van der Waals surface area contributed by atoms with Gasteiger partial charge in [0, 0.05) is 6.54 Å². The summed E-state index contributed by atoms with van der Waals surface area (Å²) in [5.41, 5.74) is 9.29. The summed E-state index contributed by atoms with van der Waals surface area (Å²) in [7, 11) is 0. The van der Waals surface area contributed by atoms with Gasteiger partial charge in [-0.25, -0.2) is 0 Å². The van der Waals surface area contributed by atoms with Crippen LogP contribution in [0, 0.1) is 0 Å². The van der Waals surface area contributed by atoms with Crippen LogP contribution in [0.1, 0.15) is 27.7 Å². The van der Waals surface area contributed by atoms with Gasteiger partial charge in [0.1, 0.15) is 0 Å². The van der Waals surface area contributed by atoms with Crippen LogP contribution in [0.15, 0.2) is 34.9 Å². The molecule has 0 heterocycles. The molecule has 0 unspecified atom stereocenters. The molecule has 0 aliphatic carbocycles. The highest BCUT2D eigenvalue weighted by molar-refractivity contribution is 5.31. The van der Waals surface area contributed by atoms with E-state index in [1.165, 1.54) is 16.7 Å². The van der Waals surface area contributed by atoms with E-state index in [9.17, 15) is 0 Å². The van der Waals surface area contributed by atoms with Crippen LogP contribution >= 0.6 is 0 Å². The zero-order valence-corrected chi connectivity index (χ0v) is 8.52. The Bertz CT molecular complexity index is 219. The van der Waals surface area contributed by atoms with Gasteiger partial charge in [0.05, 0.1) is 0 Å². The quantitative estimate of drug-likeness (QED) is 0.639. The van der Waals surface area contributed by atoms with Crippen LogP contribution in [-0.2, 0) is 0 Å². The second kappa shape index (κ2) is 5.78. The topological polar surface area (TPSA) is 26.0 Å². The van der Waals surface area contributed by atoms with E-state index in [2.05, 4.69) is 26.0 Å². The van der Waals surface area contributed by atoms with E-state index in [4.69, 9.17) is 5.73 Å². The molecule has 0 rings (SSSR count). The average molecular weight is 165 g/mol. The summed E-state index contributed by atoms with van der Waals surface area (Å²) in [5, 5.41) is 0. The molecule has 0 fully saturated rings. The van der Waals surface area contributed by atoms with Gasteiger partial charge >= 0.3 is 0 Å². The molecule has 68 valence electrons. The van der Waals surface area contributed by atoms with E-state index >= 15 is 0 Å². The number of allylic oxidation sites excluding steroid dienone is 5. The van der Waals surface area contributed by atoms with Crippen molar-refractivity contribution in [3.05, 3.63) is 34.9 Å². The highest BCUT2D eigenvalue weighted by Crippen LogP contribution is 2.08. The fraction of sp³-hybridized carbons (Fsp3) is 0.455. The van der Waals surface area contributed by atoms with Crippen LogP contribution in [-0.4, -0.2) is 6.54 Å². The Kier molecular flexibility index (Phi) is 5.39. The van der Waals surface area contributed by atoms with Gasteiger partial charge in [-0.15, -0.1) is 0 Å². The molecule has 0 aromatic carbocycles. The molecule has 0 aromatic heterocycles. The monoisotopic (exact) mass is 165 g/mol. The van der Waals surface area contributed by atoms with Crippen molar-refractivity contribution in [2.45, 2.75) is 27.7 Å². The molecular formula is C11H19N. The standard InChI is InChI=1S/C11H19N/c1-5-6-10(3)11(4)7-9(2)8-12/h5-7H,8,12H2,1-4H3/b6-5+,9-7-,11-10-.